The van der Waals surface area contributed by atoms with Crippen LogP contribution in [-0.4, -0.2) is 47.9 Å². The molecule has 232 valence electrons. The first-order valence-corrected chi connectivity index (χ1v) is 19.9. The molecule has 2 aromatic heterocycles. The van der Waals surface area contributed by atoms with Gasteiger partial charge < -0.3 is 27.2 Å². The number of hydrogen-bond acceptors (Lipinski definition) is 6. The molecule has 0 atom stereocenters. The molecule has 8 nitrogen and oxygen atoms in total. The van der Waals surface area contributed by atoms with Gasteiger partial charge in [-0.3, -0.25) is 9.13 Å². The average molecular weight is 748 g/mol. The summed E-state index contributed by atoms with van der Waals surface area (Å²) in [4.78, 5) is 0. The fraction of sp³-hybridized carbons (Fsp3) is 0.533. The van der Waals surface area contributed by atoms with Gasteiger partial charge in [-0.1, -0.05) is 31.9 Å². The summed E-state index contributed by atoms with van der Waals surface area (Å²) in [5, 5.41) is 2.35. The average Bonchev–Trinajstić information content (AvgIpc) is 3.41. The van der Waals surface area contributed by atoms with Crippen LogP contribution in [0.15, 0.2) is 45.3 Å². The van der Waals surface area contributed by atoms with E-state index in [0.29, 0.717) is 38.8 Å². The molecular formula is C30H42Br2N2O6P2. The topological polar surface area (TPSA) is 80.9 Å². The van der Waals surface area contributed by atoms with Crippen molar-refractivity contribution >= 4 is 79.9 Å². The van der Waals surface area contributed by atoms with Crippen molar-refractivity contribution < 1.29 is 27.2 Å². The SMILES string of the molecule is CCOP(=O)(CCCCn1c2ccc(Br)cc2c2c1c1cc(Br)ccc1n2CCCCP(=O)(OCC)OCC)OCC. The van der Waals surface area contributed by atoms with E-state index in [0.717, 1.165) is 58.8 Å². The van der Waals surface area contributed by atoms with Gasteiger partial charge in [-0.2, -0.15) is 0 Å². The number of benzene rings is 2. The molecule has 4 aromatic rings. The summed E-state index contributed by atoms with van der Waals surface area (Å²) >= 11 is 7.39. The third kappa shape index (κ3) is 7.81. The summed E-state index contributed by atoms with van der Waals surface area (Å²) in [5.74, 6) is 0. The predicted octanol–water partition coefficient (Wildman–Crippen LogP) is 10.4. The first-order valence-electron chi connectivity index (χ1n) is 14.8. The van der Waals surface area contributed by atoms with Gasteiger partial charge >= 0.3 is 15.2 Å². The van der Waals surface area contributed by atoms with E-state index in [1.54, 1.807) is 0 Å². The number of nitrogens with zero attached hydrogens (tertiary/aromatic N) is 2. The van der Waals surface area contributed by atoms with Gasteiger partial charge in [0.05, 0.1) is 60.8 Å². The molecule has 0 aliphatic rings. The Balaban J connectivity index is 1.68. The lowest BCUT2D eigenvalue weighted by molar-refractivity contribution is 0.218. The minimum Gasteiger partial charge on any atom is -0.339 e. The maximum Gasteiger partial charge on any atom is 0.330 e. The van der Waals surface area contributed by atoms with E-state index in [4.69, 9.17) is 18.1 Å². The van der Waals surface area contributed by atoms with Crippen molar-refractivity contribution in [1.29, 1.82) is 0 Å². The standard InChI is InChI=1S/C30H42Br2N2O6P2/c1-5-37-41(35,38-6-2)19-11-9-17-33-27-15-13-23(31)21-25(27)30-29(33)26-22-24(32)14-16-28(26)34(30)18-10-12-20-42(36,39-7-3)40-8-4/h13-16,21-22H,5-12,17-20H2,1-4H3. The van der Waals surface area contributed by atoms with E-state index in [9.17, 15) is 9.13 Å². The third-order valence-electron chi connectivity index (χ3n) is 7.20. The highest BCUT2D eigenvalue weighted by molar-refractivity contribution is 9.10. The van der Waals surface area contributed by atoms with Gasteiger partial charge in [-0.25, -0.2) is 0 Å². The lowest BCUT2D eigenvalue weighted by atomic mass is 10.2. The summed E-state index contributed by atoms with van der Waals surface area (Å²) in [5.41, 5.74) is 4.70. The Labute approximate surface area is 265 Å². The molecular weight excluding hydrogens is 706 g/mol. The largest absolute Gasteiger partial charge is 0.339 e. The van der Waals surface area contributed by atoms with Crippen LogP contribution in [0.4, 0.5) is 0 Å². The van der Waals surface area contributed by atoms with Crippen LogP contribution in [0.2, 0.25) is 0 Å². The van der Waals surface area contributed by atoms with Crippen LogP contribution in [0, 0.1) is 0 Å². The molecule has 0 fully saturated rings. The van der Waals surface area contributed by atoms with Crippen LogP contribution < -0.4 is 0 Å². The molecule has 0 saturated heterocycles. The van der Waals surface area contributed by atoms with Gasteiger partial charge in [-0.15, -0.1) is 0 Å². The third-order valence-corrected chi connectivity index (χ3v) is 12.5. The molecule has 0 radical (unpaired) electrons. The normalized spacial score (nSPS) is 12.8. The van der Waals surface area contributed by atoms with Crippen molar-refractivity contribution in [2.45, 2.75) is 66.5 Å². The summed E-state index contributed by atoms with van der Waals surface area (Å²) in [6.07, 6.45) is 3.95. The molecule has 2 aromatic carbocycles. The maximum atomic E-state index is 13.0. The minimum absolute atomic E-state index is 0.373. The molecule has 0 spiro atoms. The smallest absolute Gasteiger partial charge is 0.330 e. The summed E-state index contributed by atoms with van der Waals surface area (Å²) in [6, 6.07) is 12.9. The van der Waals surface area contributed by atoms with E-state index in [1.165, 1.54) is 21.8 Å². The Bertz CT molecular complexity index is 1460. The molecule has 0 aliphatic carbocycles. The molecule has 0 amide bonds. The zero-order chi connectivity index (χ0) is 30.3. The van der Waals surface area contributed by atoms with Crippen LogP contribution in [0.5, 0.6) is 0 Å². The van der Waals surface area contributed by atoms with Gasteiger partial charge in [0.1, 0.15) is 0 Å². The van der Waals surface area contributed by atoms with Crippen LogP contribution in [0.25, 0.3) is 32.8 Å². The van der Waals surface area contributed by atoms with Crippen LogP contribution >= 0.6 is 47.1 Å². The lowest BCUT2D eigenvalue weighted by Crippen LogP contribution is -2.03. The maximum absolute atomic E-state index is 13.0. The van der Waals surface area contributed by atoms with Crippen molar-refractivity contribution in [1.82, 2.24) is 9.13 Å². The first kappa shape index (κ1) is 33.9. The quantitative estimate of drug-likeness (QED) is 0.0745. The Morgan fingerprint density at radius 2 is 0.952 bits per heavy atom. The fourth-order valence-electron chi connectivity index (χ4n) is 5.64. The molecule has 12 heteroatoms. The van der Waals surface area contributed by atoms with Crippen LogP contribution in [-0.2, 0) is 40.3 Å². The van der Waals surface area contributed by atoms with Crippen molar-refractivity contribution in [3.63, 3.8) is 0 Å². The highest BCUT2D eigenvalue weighted by atomic mass is 79.9. The van der Waals surface area contributed by atoms with E-state index >= 15 is 0 Å². The Hall–Kier alpha value is -0.960. The van der Waals surface area contributed by atoms with Gasteiger partial charge in [0.25, 0.3) is 0 Å². The monoisotopic (exact) mass is 746 g/mol. The van der Waals surface area contributed by atoms with E-state index < -0.39 is 15.2 Å². The Morgan fingerprint density at radius 3 is 1.29 bits per heavy atom. The number of hydrogen-bond donors (Lipinski definition) is 0. The number of unbranched alkanes of at least 4 members (excludes halogenated alkanes) is 2. The molecule has 42 heavy (non-hydrogen) atoms. The van der Waals surface area contributed by atoms with Gasteiger partial charge in [0, 0.05) is 32.8 Å². The minimum atomic E-state index is -3.07. The van der Waals surface area contributed by atoms with E-state index in [2.05, 4.69) is 77.4 Å². The fourth-order valence-corrected chi connectivity index (χ4v) is 9.83. The van der Waals surface area contributed by atoms with E-state index in [1.807, 2.05) is 27.7 Å². The molecule has 0 aliphatic heterocycles. The molecule has 0 bridgehead atoms. The van der Waals surface area contributed by atoms with E-state index in [-0.39, 0.29) is 0 Å². The number of aromatic nitrogens is 2. The highest BCUT2D eigenvalue weighted by Gasteiger charge is 2.25. The van der Waals surface area contributed by atoms with Crippen LogP contribution in [0.3, 0.4) is 0 Å². The second-order valence-electron chi connectivity index (χ2n) is 10.1. The van der Waals surface area contributed by atoms with Gasteiger partial charge in [0.2, 0.25) is 0 Å². The molecule has 0 N–H and O–H groups in total. The zero-order valence-electron chi connectivity index (χ0n) is 24.9. The second kappa shape index (κ2) is 15.4. The summed E-state index contributed by atoms with van der Waals surface area (Å²) < 4.78 is 54.9. The van der Waals surface area contributed by atoms with Crippen molar-refractivity contribution in [3.8, 4) is 0 Å². The second-order valence-corrected chi connectivity index (χ2v) is 16.3. The van der Waals surface area contributed by atoms with Crippen molar-refractivity contribution in [2.75, 3.05) is 38.8 Å². The Morgan fingerprint density at radius 1 is 0.595 bits per heavy atom. The van der Waals surface area contributed by atoms with Crippen molar-refractivity contribution in [3.05, 3.63) is 45.3 Å². The number of rotatable bonds is 18. The molecule has 4 rings (SSSR count). The van der Waals surface area contributed by atoms with Gasteiger partial charge in [-0.05, 0) is 89.8 Å². The number of aryl methyl sites for hydroxylation is 2. The Kier molecular flexibility index (Phi) is 12.4. The summed E-state index contributed by atoms with van der Waals surface area (Å²) in [6.45, 7) is 10.4. The molecule has 2 heterocycles. The van der Waals surface area contributed by atoms with Gasteiger partial charge in [0.15, 0.2) is 0 Å². The predicted molar refractivity (Wildman–Crippen MR) is 180 cm³/mol. The van der Waals surface area contributed by atoms with Crippen molar-refractivity contribution in [2.24, 2.45) is 0 Å². The zero-order valence-corrected chi connectivity index (χ0v) is 29.9. The number of halogens is 2. The molecule has 0 unspecified atom stereocenters. The number of fused-ring (bicyclic) bond motifs is 5. The molecule has 0 saturated carbocycles. The lowest BCUT2D eigenvalue weighted by Gasteiger charge is -2.17. The first-order chi connectivity index (χ1) is 20.2. The van der Waals surface area contributed by atoms with Crippen LogP contribution in [0.1, 0.15) is 53.4 Å². The summed E-state index contributed by atoms with van der Waals surface area (Å²) in [7, 11) is -6.14. The highest BCUT2D eigenvalue weighted by Crippen LogP contribution is 2.50.